The Kier molecular flexibility index (Phi) is 4.01. The van der Waals surface area contributed by atoms with Crippen molar-refractivity contribution >= 4 is 17.5 Å². The number of aromatic nitrogens is 1. The van der Waals surface area contributed by atoms with E-state index in [0.717, 1.165) is 31.7 Å². The van der Waals surface area contributed by atoms with E-state index in [1.54, 1.807) is 19.2 Å². The Morgan fingerprint density at radius 1 is 1.32 bits per heavy atom. The quantitative estimate of drug-likeness (QED) is 0.800. The molecule has 1 N–H and O–H groups in total. The summed E-state index contributed by atoms with van der Waals surface area (Å²) in [6.45, 7) is 3.82. The molecule has 3 saturated heterocycles. The number of furan rings is 1. The van der Waals surface area contributed by atoms with Crippen LogP contribution in [0.25, 0.3) is 0 Å². The molecule has 7 nitrogen and oxygen atoms in total. The van der Waals surface area contributed by atoms with Gasteiger partial charge in [-0.15, -0.1) is 0 Å². The van der Waals surface area contributed by atoms with Gasteiger partial charge in [-0.1, -0.05) is 0 Å². The molecule has 146 valence electrons. The van der Waals surface area contributed by atoms with Crippen LogP contribution in [-0.4, -0.2) is 48.0 Å². The first-order chi connectivity index (χ1) is 13.6. The summed E-state index contributed by atoms with van der Waals surface area (Å²) in [7, 11) is 0. The molecule has 0 aliphatic carbocycles. The van der Waals surface area contributed by atoms with Gasteiger partial charge in [0, 0.05) is 43.2 Å². The smallest absolute Gasteiger partial charge is 0.254 e. The molecular formula is C21H23N3O4. The minimum Gasteiger partial charge on any atom is -0.472 e. The van der Waals surface area contributed by atoms with Gasteiger partial charge in [0.2, 0.25) is 0 Å². The summed E-state index contributed by atoms with van der Waals surface area (Å²) in [6, 6.07) is 5.41. The minimum atomic E-state index is -0.142. The monoisotopic (exact) mass is 381 g/mol. The van der Waals surface area contributed by atoms with Crippen molar-refractivity contribution in [2.75, 3.05) is 24.5 Å². The fourth-order valence-corrected chi connectivity index (χ4v) is 5.13. The Balaban J connectivity index is 1.29. The summed E-state index contributed by atoms with van der Waals surface area (Å²) >= 11 is 0. The van der Waals surface area contributed by atoms with Crippen LogP contribution in [0.4, 0.5) is 5.82 Å². The van der Waals surface area contributed by atoms with Crippen LogP contribution in [0.5, 0.6) is 0 Å². The lowest BCUT2D eigenvalue weighted by Crippen LogP contribution is -2.41. The molecule has 2 aromatic rings. The van der Waals surface area contributed by atoms with Gasteiger partial charge in [-0.25, -0.2) is 4.98 Å². The maximum absolute atomic E-state index is 12.3. The maximum Gasteiger partial charge on any atom is 0.254 e. The molecule has 3 fully saturated rings. The van der Waals surface area contributed by atoms with Crippen LogP contribution >= 0.6 is 0 Å². The van der Waals surface area contributed by atoms with E-state index < -0.39 is 0 Å². The SMILES string of the molecule is CC(=O)c1ccc(N2C[C@@H]3[C@H](CNC(=O)c4ccoc4)[C@H]4CC[C@]3(C2)O4)nc1. The highest BCUT2D eigenvalue weighted by molar-refractivity contribution is 5.94. The highest BCUT2D eigenvalue weighted by Crippen LogP contribution is 2.55. The van der Waals surface area contributed by atoms with Crippen LogP contribution in [0.3, 0.4) is 0 Å². The number of ketones is 1. The number of rotatable bonds is 5. The molecule has 4 atom stereocenters. The number of amides is 1. The predicted octanol–water partition coefficient (Wildman–Crippen LogP) is 2.29. The predicted molar refractivity (Wildman–Crippen MR) is 101 cm³/mol. The van der Waals surface area contributed by atoms with Crippen molar-refractivity contribution in [2.24, 2.45) is 11.8 Å². The van der Waals surface area contributed by atoms with Crippen molar-refractivity contribution in [3.05, 3.63) is 48.0 Å². The molecule has 0 unspecified atom stereocenters. The Labute approximate surface area is 163 Å². The van der Waals surface area contributed by atoms with Gasteiger partial charge in [-0.2, -0.15) is 0 Å². The van der Waals surface area contributed by atoms with Crippen LogP contribution in [0.2, 0.25) is 0 Å². The van der Waals surface area contributed by atoms with Crippen molar-refractivity contribution in [1.29, 1.82) is 0 Å². The molecule has 2 bridgehead atoms. The fraction of sp³-hybridized carbons (Fsp3) is 0.476. The molecule has 28 heavy (non-hydrogen) atoms. The summed E-state index contributed by atoms with van der Waals surface area (Å²) in [5, 5.41) is 3.05. The van der Waals surface area contributed by atoms with Crippen LogP contribution in [-0.2, 0) is 4.74 Å². The highest BCUT2D eigenvalue weighted by atomic mass is 16.5. The number of carbonyl (C=O) groups is 2. The Morgan fingerprint density at radius 3 is 2.93 bits per heavy atom. The molecule has 7 heteroatoms. The number of Topliss-reactive ketones (excluding diaryl/α,β-unsaturated/α-hetero) is 1. The van der Waals surface area contributed by atoms with Crippen LogP contribution < -0.4 is 10.2 Å². The first-order valence-electron chi connectivity index (χ1n) is 9.76. The highest BCUT2D eigenvalue weighted by Gasteiger charge is 2.63. The third-order valence-electron chi connectivity index (χ3n) is 6.54. The zero-order chi connectivity index (χ0) is 19.3. The number of nitrogens with zero attached hydrogens (tertiary/aromatic N) is 2. The Bertz CT molecular complexity index is 895. The first kappa shape index (κ1) is 17.4. The van der Waals surface area contributed by atoms with E-state index in [1.807, 2.05) is 12.1 Å². The number of pyridine rings is 1. The maximum atomic E-state index is 12.3. The summed E-state index contributed by atoms with van der Waals surface area (Å²) in [6.07, 6.45) is 6.91. The number of carbonyl (C=O) groups excluding carboxylic acids is 2. The van der Waals surface area contributed by atoms with E-state index in [9.17, 15) is 9.59 Å². The minimum absolute atomic E-state index is 0.0198. The molecule has 5 rings (SSSR count). The third kappa shape index (κ3) is 2.73. The van der Waals surface area contributed by atoms with E-state index in [2.05, 4.69) is 15.2 Å². The number of anilines is 1. The third-order valence-corrected chi connectivity index (χ3v) is 6.54. The van der Waals surface area contributed by atoms with Gasteiger partial charge < -0.3 is 19.4 Å². The molecule has 0 saturated carbocycles. The normalized spacial score (nSPS) is 30.5. The first-order valence-corrected chi connectivity index (χ1v) is 9.76. The van der Waals surface area contributed by atoms with E-state index in [0.29, 0.717) is 29.5 Å². The van der Waals surface area contributed by atoms with Crippen LogP contribution in [0.15, 0.2) is 41.3 Å². The molecule has 3 aliphatic heterocycles. The summed E-state index contributed by atoms with van der Waals surface area (Å²) in [5.74, 6) is 1.45. The molecular weight excluding hydrogens is 358 g/mol. The molecule has 1 amide bonds. The zero-order valence-corrected chi connectivity index (χ0v) is 15.8. The molecule has 1 spiro atoms. The van der Waals surface area contributed by atoms with Gasteiger partial charge in [0.25, 0.3) is 5.91 Å². The molecule has 5 heterocycles. The molecule has 0 aromatic carbocycles. The van der Waals surface area contributed by atoms with Gasteiger partial charge in [0.15, 0.2) is 5.78 Å². The van der Waals surface area contributed by atoms with Gasteiger partial charge in [-0.3, -0.25) is 9.59 Å². The number of hydrogen-bond donors (Lipinski definition) is 1. The van der Waals surface area contributed by atoms with Gasteiger partial charge in [0.05, 0.1) is 23.5 Å². The summed E-state index contributed by atoms with van der Waals surface area (Å²) in [5.41, 5.74) is 1.02. The largest absolute Gasteiger partial charge is 0.472 e. The summed E-state index contributed by atoms with van der Waals surface area (Å²) < 4.78 is 11.4. The second kappa shape index (κ2) is 6.44. The van der Waals surface area contributed by atoms with Crippen molar-refractivity contribution in [3.8, 4) is 0 Å². The lowest BCUT2D eigenvalue weighted by atomic mass is 9.73. The van der Waals surface area contributed by atoms with E-state index in [1.165, 1.54) is 12.5 Å². The van der Waals surface area contributed by atoms with Gasteiger partial charge >= 0.3 is 0 Å². The number of fused-ring (bicyclic) bond motifs is 1. The van der Waals surface area contributed by atoms with Crippen molar-refractivity contribution < 1.29 is 18.7 Å². The lowest BCUT2D eigenvalue weighted by Gasteiger charge is -2.29. The van der Waals surface area contributed by atoms with E-state index in [-0.39, 0.29) is 23.4 Å². The van der Waals surface area contributed by atoms with E-state index in [4.69, 9.17) is 9.15 Å². The molecule has 2 aromatic heterocycles. The number of nitrogens with one attached hydrogen (secondary N) is 1. The second-order valence-electron chi connectivity index (χ2n) is 8.09. The Morgan fingerprint density at radius 2 is 2.21 bits per heavy atom. The van der Waals surface area contributed by atoms with Crippen molar-refractivity contribution in [3.63, 3.8) is 0 Å². The van der Waals surface area contributed by atoms with Crippen molar-refractivity contribution in [1.82, 2.24) is 10.3 Å². The molecule has 0 radical (unpaired) electrons. The fourth-order valence-electron chi connectivity index (χ4n) is 5.13. The zero-order valence-electron chi connectivity index (χ0n) is 15.8. The summed E-state index contributed by atoms with van der Waals surface area (Å²) in [4.78, 5) is 30.5. The Hall–Kier alpha value is -2.67. The average molecular weight is 381 g/mol. The van der Waals surface area contributed by atoms with Crippen LogP contribution in [0.1, 0.15) is 40.5 Å². The lowest BCUT2D eigenvalue weighted by molar-refractivity contribution is 0.0141. The molecule has 3 aliphatic rings. The number of ether oxygens (including phenoxy) is 1. The average Bonchev–Trinajstić information content (AvgIpc) is 3.46. The standard InChI is InChI=1S/C21H23N3O4/c1-13(25)14-2-3-19(22-8-14)24-10-17-16(18-4-6-21(17,12-24)28-18)9-23-20(26)15-5-7-27-11-15/h2-3,5,7-8,11,16-18H,4,6,9-10,12H2,1H3,(H,23,26)/t16-,17+,18+,21+/m0/s1. The van der Waals surface area contributed by atoms with Crippen molar-refractivity contribution in [2.45, 2.75) is 31.5 Å². The number of hydrogen-bond acceptors (Lipinski definition) is 6. The second-order valence-corrected chi connectivity index (χ2v) is 8.09. The van der Waals surface area contributed by atoms with E-state index >= 15 is 0 Å². The van der Waals surface area contributed by atoms with Gasteiger partial charge in [-0.05, 0) is 38.0 Å². The van der Waals surface area contributed by atoms with Crippen LogP contribution in [0, 0.1) is 11.8 Å². The van der Waals surface area contributed by atoms with Gasteiger partial charge in [0.1, 0.15) is 12.1 Å². The topological polar surface area (TPSA) is 84.7 Å².